The zero-order valence-corrected chi connectivity index (χ0v) is 22.1. The van der Waals surface area contributed by atoms with Crippen molar-refractivity contribution < 1.29 is 24.2 Å². The second-order valence-electron chi connectivity index (χ2n) is 9.96. The van der Waals surface area contributed by atoms with Crippen LogP contribution in [0.5, 0.6) is 0 Å². The fraction of sp³-hybridized carbons (Fsp3) is 0.276. The number of likely N-dealkylation sites (tertiary alicyclic amines) is 1. The molecule has 0 radical (unpaired) electrons. The lowest BCUT2D eigenvalue weighted by molar-refractivity contribution is -0.136. The van der Waals surface area contributed by atoms with Crippen LogP contribution in [-0.4, -0.2) is 48.2 Å². The minimum absolute atomic E-state index is 0.145. The first-order valence-electron chi connectivity index (χ1n) is 12.6. The van der Waals surface area contributed by atoms with E-state index in [1.807, 2.05) is 30.3 Å². The fourth-order valence-electron chi connectivity index (χ4n) is 5.38. The van der Waals surface area contributed by atoms with Crippen LogP contribution in [0.2, 0.25) is 5.02 Å². The molecule has 5 rings (SSSR count). The molecule has 202 valence electrons. The largest absolute Gasteiger partial charge is 0.465 e. The van der Waals surface area contributed by atoms with Crippen LogP contribution in [0.15, 0.2) is 72.8 Å². The van der Waals surface area contributed by atoms with Crippen molar-refractivity contribution >= 4 is 41.1 Å². The molecule has 2 aliphatic heterocycles. The molecule has 3 amide bonds. The van der Waals surface area contributed by atoms with E-state index in [1.165, 1.54) is 7.05 Å². The maximum atomic E-state index is 14.1. The van der Waals surface area contributed by atoms with Gasteiger partial charge in [-0.25, -0.2) is 9.59 Å². The van der Waals surface area contributed by atoms with E-state index < -0.39 is 29.7 Å². The van der Waals surface area contributed by atoms with Crippen molar-refractivity contribution in [2.24, 2.45) is 11.7 Å². The topological polar surface area (TPSA) is 125 Å². The van der Waals surface area contributed by atoms with Gasteiger partial charge >= 0.3 is 12.2 Å². The number of benzene rings is 3. The molecule has 2 heterocycles. The van der Waals surface area contributed by atoms with E-state index in [9.17, 15) is 19.5 Å². The van der Waals surface area contributed by atoms with Crippen LogP contribution in [0.1, 0.15) is 29.2 Å². The highest BCUT2D eigenvalue weighted by atomic mass is 35.5. The highest BCUT2D eigenvalue weighted by molar-refractivity contribution is 6.30. The minimum atomic E-state index is -1.08. The van der Waals surface area contributed by atoms with Gasteiger partial charge in [0.25, 0.3) is 0 Å². The van der Waals surface area contributed by atoms with Gasteiger partial charge in [-0.15, -0.1) is 0 Å². The van der Waals surface area contributed by atoms with Crippen molar-refractivity contribution in [3.63, 3.8) is 0 Å². The summed E-state index contributed by atoms with van der Waals surface area (Å²) in [6, 6.07) is 21.1. The lowest BCUT2D eigenvalue weighted by Crippen LogP contribution is -2.45. The zero-order valence-electron chi connectivity index (χ0n) is 21.3. The first-order chi connectivity index (χ1) is 18.7. The fourth-order valence-corrected chi connectivity index (χ4v) is 5.55. The Bertz CT molecular complexity index is 1400. The molecule has 1 fully saturated rings. The number of halogens is 1. The first-order valence-corrected chi connectivity index (χ1v) is 13.0. The van der Waals surface area contributed by atoms with Gasteiger partial charge in [-0.05, 0) is 47.9 Å². The summed E-state index contributed by atoms with van der Waals surface area (Å²) in [5.41, 5.74) is 9.28. The Labute approximate surface area is 231 Å². The average Bonchev–Trinajstić information content (AvgIpc) is 3.35. The molecule has 39 heavy (non-hydrogen) atoms. The van der Waals surface area contributed by atoms with E-state index in [4.69, 9.17) is 22.1 Å². The summed E-state index contributed by atoms with van der Waals surface area (Å²) < 4.78 is 5.81. The van der Waals surface area contributed by atoms with Crippen molar-refractivity contribution in [3.05, 3.63) is 94.5 Å². The molecule has 0 aromatic heterocycles. The van der Waals surface area contributed by atoms with E-state index in [-0.39, 0.29) is 12.5 Å². The number of hydrogen-bond acceptors (Lipinski definition) is 5. The van der Waals surface area contributed by atoms with Gasteiger partial charge in [0.05, 0.1) is 18.2 Å². The number of amides is 3. The monoisotopic (exact) mass is 548 g/mol. The second-order valence-corrected chi connectivity index (χ2v) is 10.4. The number of nitrogens with two attached hydrogens (primary N) is 1. The van der Waals surface area contributed by atoms with E-state index in [0.29, 0.717) is 41.3 Å². The number of carbonyl (C=O) groups is 3. The van der Waals surface area contributed by atoms with Crippen molar-refractivity contribution in [3.8, 4) is 0 Å². The van der Waals surface area contributed by atoms with Gasteiger partial charge in [0.2, 0.25) is 5.91 Å². The molecular formula is C29H29ClN4O5. The molecule has 9 nitrogen and oxygen atoms in total. The Morgan fingerprint density at radius 2 is 1.87 bits per heavy atom. The normalized spacial score (nSPS) is 19.6. The summed E-state index contributed by atoms with van der Waals surface area (Å²) in [4.78, 5) is 40.6. The van der Waals surface area contributed by atoms with Crippen LogP contribution in [0.4, 0.5) is 21.0 Å². The van der Waals surface area contributed by atoms with Gasteiger partial charge in [0.1, 0.15) is 0 Å². The molecule has 0 saturated carbocycles. The third kappa shape index (κ3) is 5.28. The molecule has 4 N–H and O–H groups in total. The Morgan fingerprint density at radius 1 is 1.15 bits per heavy atom. The van der Waals surface area contributed by atoms with Crippen molar-refractivity contribution in [2.75, 3.05) is 30.4 Å². The zero-order chi connectivity index (χ0) is 27.7. The summed E-state index contributed by atoms with van der Waals surface area (Å²) in [6.07, 6.45) is -0.801. The van der Waals surface area contributed by atoms with Crippen molar-refractivity contribution in [2.45, 2.75) is 24.5 Å². The third-order valence-corrected chi connectivity index (χ3v) is 7.78. The second kappa shape index (κ2) is 10.6. The molecule has 3 atom stereocenters. The summed E-state index contributed by atoms with van der Waals surface area (Å²) in [7, 11) is 1.46. The number of ether oxygens (including phenoxy) is 1. The van der Waals surface area contributed by atoms with E-state index in [2.05, 4.69) is 5.32 Å². The van der Waals surface area contributed by atoms with Crippen LogP contribution >= 0.6 is 11.6 Å². The maximum Gasteiger partial charge on any atom is 0.412 e. The van der Waals surface area contributed by atoms with Crippen molar-refractivity contribution in [1.82, 2.24) is 4.90 Å². The molecule has 1 saturated heterocycles. The van der Waals surface area contributed by atoms with Crippen LogP contribution in [0.25, 0.3) is 0 Å². The van der Waals surface area contributed by atoms with Gasteiger partial charge in [0.15, 0.2) is 5.60 Å². The van der Waals surface area contributed by atoms with E-state index >= 15 is 0 Å². The molecule has 3 aromatic rings. The Kier molecular flexibility index (Phi) is 7.20. The lowest BCUT2D eigenvalue weighted by atomic mass is 9.86. The summed E-state index contributed by atoms with van der Waals surface area (Å²) in [5.74, 6) is -0.755. The predicted molar refractivity (Wildman–Crippen MR) is 148 cm³/mol. The minimum Gasteiger partial charge on any atom is -0.465 e. The van der Waals surface area contributed by atoms with Crippen molar-refractivity contribution in [1.29, 1.82) is 0 Å². The van der Waals surface area contributed by atoms with Gasteiger partial charge in [-0.3, -0.25) is 15.0 Å². The molecule has 0 aliphatic carbocycles. The van der Waals surface area contributed by atoms with Gasteiger partial charge in [0, 0.05) is 42.3 Å². The summed E-state index contributed by atoms with van der Waals surface area (Å²) in [6.45, 7) is 0.575. The number of nitrogens with one attached hydrogen (secondary N) is 1. The molecule has 0 bridgehead atoms. The molecule has 10 heteroatoms. The molecule has 1 spiro atoms. The van der Waals surface area contributed by atoms with Crippen LogP contribution in [-0.2, 0) is 21.6 Å². The van der Waals surface area contributed by atoms with Gasteiger partial charge in [-0.1, -0.05) is 54.1 Å². The SMILES string of the molecule is CN(C(=O)O)c1ccc(C(N)[C@@H](Cc2ccccc2)C(=O)N2CC[C@@]3(C2)OC(=O)Nc2ccc(Cl)cc23)cc1. The molecule has 1 unspecified atom stereocenters. The van der Waals surface area contributed by atoms with E-state index in [0.717, 1.165) is 16.0 Å². The highest BCUT2D eigenvalue weighted by Gasteiger charge is 2.49. The van der Waals surface area contributed by atoms with Crippen LogP contribution < -0.4 is 16.0 Å². The first kappa shape index (κ1) is 26.5. The van der Waals surface area contributed by atoms with Gasteiger partial charge in [-0.2, -0.15) is 0 Å². The quantitative estimate of drug-likeness (QED) is 0.398. The Morgan fingerprint density at radius 3 is 2.56 bits per heavy atom. The maximum absolute atomic E-state index is 14.1. The number of hydrogen-bond donors (Lipinski definition) is 3. The third-order valence-electron chi connectivity index (χ3n) is 7.54. The number of anilines is 2. The van der Waals surface area contributed by atoms with Gasteiger partial charge < -0.3 is 20.5 Å². The summed E-state index contributed by atoms with van der Waals surface area (Å²) in [5, 5.41) is 12.5. The average molecular weight is 549 g/mol. The smallest absolute Gasteiger partial charge is 0.412 e. The van der Waals surface area contributed by atoms with E-state index in [1.54, 1.807) is 47.4 Å². The molecule has 2 aliphatic rings. The molecule has 3 aromatic carbocycles. The predicted octanol–water partition coefficient (Wildman–Crippen LogP) is 5.00. The van der Waals surface area contributed by atoms with Crippen LogP contribution in [0.3, 0.4) is 0 Å². The lowest BCUT2D eigenvalue weighted by Gasteiger charge is -2.36. The molecular weight excluding hydrogens is 520 g/mol. The summed E-state index contributed by atoms with van der Waals surface area (Å²) >= 11 is 6.27. The Balaban J connectivity index is 1.43. The highest BCUT2D eigenvalue weighted by Crippen LogP contribution is 2.44. The number of rotatable bonds is 6. The number of fused-ring (bicyclic) bond motifs is 2. The van der Waals surface area contributed by atoms with Crippen LogP contribution in [0, 0.1) is 5.92 Å². The number of carboxylic acid groups (broad SMARTS) is 1. The number of nitrogens with zero attached hydrogens (tertiary/aromatic N) is 2. The number of carbonyl (C=O) groups excluding carboxylic acids is 2. The Hall–Kier alpha value is -4.08. The standard InChI is InChI=1S/C29H29ClN4O5/c1-33(28(37)38)21-10-7-19(8-11-21)25(31)22(15-18-5-3-2-4-6-18)26(35)34-14-13-29(17-34)23-16-20(30)9-12-24(23)32-27(36)39-29/h2-12,16,22,25H,13-15,17,31H2,1H3,(H,32,36)(H,37,38)/t22-,25?,29+/m1/s1.